The largest absolute Gasteiger partial charge is 0.364 e. The van der Waals surface area contributed by atoms with Gasteiger partial charge in [-0.15, -0.1) is 0 Å². The van der Waals surface area contributed by atoms with Gasteiger partial charge in [-0.25, -0.2) is 0 Å². The zero-order valence-electron chi connectivity index (χ0n) is 13.8. The average Bonchev–Trinajstić information content (AvgIpc) is 3.00. The van der Waals surface area contributed by atoms with Crippen LogP contribution in [0.4, 0.5) is 0 Å². The Morgan fingerprint density at radius 1 is 1.24 bits per heavy atom. The van der Waals surface area contributed by atoms with E-state index >= 15 is 0 Å². The normalized spacial score (nSPS) is 20.2. The summed E-state index contributed by atoms with van der Waals surface area (Å²) < 4.78 is 0. The maximum Gasteiger partial charge on any atom is 0.286 e. The van der Waals surface area contributed by atoms with Crippen LogP contribution in [0.5, 0.6) is 0 Å². The molecule has 128 valence electrons. The Bertz CT molecular complexity index is 857. The Labute approximate surface area is 155 Å². The van der Waals surface area contributed by atoms with Crippen molar-refractivity contribution >= 4 is 51.6 Å². The highest BCUT2D eigenvalue weighted by atomic mass is 32.2. The van der Waals surface area contributed by atoms with Crippen molar-refractivity contribution in [2.24, 2.45) is 10.9 Å². The summed E-state index contributed by atoms with van der Waals surface area (Å²) >= 11 is 3.47. The smallest absolute Gasteiger partial charge is 0.286 e. The molecular weight excluding hydrogens is 350 g/mol. The Morgan fingerprint density at radius 3 is 3.00 bits per heavy atom. The minimum absolute atomic E-state index is 0.155. The van der Waals surface area contributed by atoms with Crippen LogP contribution in [0, 0.1) is 5.92 Å². The van der Waals surface area contributed by atoms with Crippen LogP contribution < -0.4 is 5.32 Å². The third-order valence-corrected chi connectivity index (χ3v) is 6.42. The predicted octanol–water partition coefficient (Wildman–Crippen LogP) is 3.94. The number of aliphatic imine (C=N–C) groups is 1. The van der Waals surface area contributed by atoms with Gasteiger partial charge in [-0.2, -0.15) is 16.8 Å². The van der Waals surface area contributed by atoms with E-state index < -0.39 is 0 Å². The second kappa shape index (κ2) is 7.62. The number of hydrogen-bond acceptors (Lipinski definition) is 5. The quantitative estimate of drug-likeness (QED) is 0.831. The molecule has 2 aliphatic rings. The summed E-state index contributed by atoms with van der Waals surface area (Å²) in [6, 6.07) is 9.96. The minimum Gasteiger partial charge on any atom is -0.364 e. The minimum atomic E-state index is -0.155. The molecule has 0 saturated carbocycles. The van der Waals surface area contributed by atoms with Gasteiger partial charge in [0, 0.05) is 18.1 Å². The molecular formula is C19H19N3OS2. The highest BCUT2D eigenvalue weighted by Gasteiger charge is 2.23. The van der Waals surface area contributed by atoms with E-state index in [1.807, 2.05) is 48.2 Å². The van der Waals surface area contributed by atoms with Crippen molar-refractivity contribution in [3.05, 3.63) is 47.0 Å². The fraction of sp³-hybridized carbons (Fsp3) is 0.316. The molecule has 25 heavy (non-hydrogen) atoms. The van der Waals surface area contributed by atoms with Crippen LogP contribution in [0.15, 0.2) is 46.4 Å². The van der Waals surface area contributed by atoms with E-state index in [9.17, 15) is 4.79 Å². The maximum atomic E-state index is 12.2. The zero-order valence-corrected chi connectivity index (χ0v) is 15.4. The molecule has 1 fully saturated rings. The number of aromatic nitrogens is 1. The molecule has 0 atom stereocenters. The molecule has 0 spiro atoms. The van der Waals surface area contributed by atoms with Crippen LogP contribution in [0.25, 0.3) is 17.0 Å². The first-order valence-electron chi connectivity index (χ1n) is 8.47. The fourth-order valence-corrected chi connectivity index (χ4v) is 5.03. The third kappa shape index (κ3) is 4.07. The molecule has 4 nitrogen and oxygen atoms in total. The van der Waals surface area contributed by atoms with Crippen LogP contribution in [0.1, 0.15) is 18.4 Å². The van der Waals surface area contributed by atoms with Crippen LogP contribution in [0.3, 0.4) is 0 Å². The maximum absolute atomic E-state index is 12.2. The highest BCUT2D eigenvalue weighted by Crippen LogP contribution is 2.29. The number of carbonyl (C=O) groups is 1. The number of pyridine rings is 1. The topological polar surface area (TPSA) is 54.4 Å². The first-order chi connectivity index (χ1) is 12.3. The van der Waals surface area contributed by atoms with Gasteiger partial charge in [-0.3, -0.25) is 9.78 Å². The summed E-state index contributed by atoms with van der Waals surface area (Å²) in [4.78, 5) is 21.3. The molecule has 6 heteroatoms. The molecule has 1 saturated heterocycles. The van der Waals surface area contributed by atoms with Gasteiger partial charge in [0.1, 0.15) is 0 Å². The number of hydrogen-bond donors (Lipinski definition) is 1. The summed E-state index contributed by atoms with van der Waals surface area (Å²) in [5, 5.41) is 5.16. The van der Waals surface area contributed by atoms with Crippen molar-refractivity contribution in [1.29, 1.82) is 0 Å². The Hall–Kier alpha value is -1.79. The van der Waals surface area contributed by atoms with E-state index in [-0.39, 0.29) is 5.91 Å². The number of amidine groups is 1. The lowest BCUT2D eigenvalue weighted by atomic mass is 10.0. The number of carbonyl (C=O) groups excluding carboxylic acids is 1. The lowest BCUT2D eigenvalue weighted by Gasteiger charge is -2.21. The van der Waals surface area contributed by atoms with Crippen LogP contribution in [-0.2, 0) is 4.79 Å². The van der Waals surface area contributed by atoms with Gasteiger partial charge in [0.25, 0.3) is 5.91 Å². The molecule has 2 aliphatic heterocycles. The van der Waals surface area contributed by atoms with Crippen molar-refractivity contribution in [3.63, 3.8) is 0 Å². The Kier molecular flexibility index (Phi) is 5.08. The van der Waals surface area contributed by atoms with Gasteiger partial charge in [0.05, 0.1) is 10.4 Å². The first kappa shape index (κ1) is 16.7. The van der Waals surface area contributed by atoms with Crippen LogP contribution in [-0.4, -0.2) is 34.1 Å². The number of nitrogens with one attached hydrogen (secondary N) is 1. The lowest BCUT2D eigenvalue weighted by Crippen LogP contribution is -2.28. The second-order valence-corrected chi connectivity index (χ2v) is 8.48. The molecule has 0 unspecified atom stereocenters. The number of nitrogens with zero attached hydrogens (tertiary/aromatic N) is 2. The van der Waals surface area contributed by atoms with Gasteiger partial charge in [0.2, 0.25) is 0 Å². The first-order valence-corrected chi connectivity index (χ1v) is 10.4. The van der Waals surface area contributed by atoms with E-state index in [4.69, 9.17) is 0 Å². The van der Waals surface area contributed by atoms with Crippen LogP contribution in [0.2, 0.25) is 0 Å². The summed E-state index contributed by atoms with van der Waals surface area (Å²) in [7, 11) is 0. The summed E-state index contributed by atoms with van der Waals surface area (Å²) in [6.45, 7) is 0.911. The summed E-state index contributed by atoms with van der Waals surface area (Å²) in [5.74, 6) is 3.03. The highest BCUT2D eigenvalue weighted by molar-refractivity contribution is 8.18. The SMILES string of the molecule is O=C1N=C(NCC2CCSCC2)SC1=Cc1ccc2ncccc2c1. The predicted molar refractivity (Wildman–Crippen MR) is 108 cm³/mol. The zero-order chi connectivity index (χ0) is 17.1. The third-order valence-electron chi connectivity index (χ3n) is 4.43. The standard InChI is InChI=1S/C19H19N3OS2/c23-18-17(11-14-3-4-16-15(10-14)2-1-7-20-16)25-19(22-18)21-12-13-5-8-24-9-6-13/h1-4,7,10-11,13H,5-6,8-9,12H2,(H,21,22,23). The Morgan fingerprint density at radius 2 is 2.12 bits per heavy atom. The van der Waals surface area contributed by atoms with Crippen molar-refractivity contribution < 1.29 is 4.79 Å². The molecule has 1 N–H and O–H groups in total. The van der Waals surface area contributed by atoms with Crippen molar-refractivity contribution in [2.45, 2.75) is 12.8 Å². The number of rotatable bonds is 3. The van der Waals surface area contributed by atoms with Crippen molar-refractivity contribution in [1.82, 2.24) is 10.3 Å². The molecule has 0 radical (unpaired) electrons. The fourth-order valence-electron chi connectivity index (χ4n) is 3.00. The molecule has 2 aromatic rings. The summed E-state index contributed by atoms with van der Waals surface area (Å²) in [5.41, 5.74) is 1.96. The second-order valence-electron chi connectivity index (χ2n) is 6.22. The summed E-state index contributed by atoms with van der Waals surface area (Å²) in [6.07, 6.45) is 6.19. The van der Waals surface area contributed by atoms with Gasteiger partial charge in [0.15, 0.2) is 5.17 Å². The lowest BCUT2D eigenvalue weighted by molar-refractivity contribution is -0.113. The molecule has 3 heterocycles. The van der Waals surface area contributed by atoms with Gasteiger partial charge in [-0.1, -0.05) is 12.1 Å². The monoisotopic (exact) mass is 369 g/mol. The number of benzene rings is 1. The van der Waals surface area contributed by atoms with Crippen LogP contribution >= 0.6 is 23.5 Å². The number of thioether (sulfide) groups is 2. The number of fused-ring (bicyclic) bond motifs is 1. The Balaban J connectivity index is 1.42. The molecule has 0 aliphatic carbocycles. The van der Waals surface area contributed by atoms with E-state index in [0.29, 0.717) is 10.8 Å². The van der Waals surface area contributed by atoms with Gasteiger partial charge < -0.3 is 5.32 Å². The number of amides is 1. The molecule has 1 aromatic carbocycles. The molecule has 1 aromatic heterocycles. The van der Waals surface area contributed by atoms with Gasteiger partial charge in [-0.05, 0) is 71.9 Å². The van der Waals surface area contributed by atoms with E-state index in [1.54, 1.807) is 6.20 Å². The average molecular weight is 370 g/mol. The van der Waals surface area contributed by atoms with Crippen molar-refractivity contribution in [2.75, 3.05) is 18.1 Å². The van der Waals surface area contributed by atoms with Gasteiger partial charge >= 0.3 is 0 Å². The van der Waals surface area contributed by atoms with E-state index in [2.05, 4.69) is 15.3 Å². The molecule has 1 amide bonds. The molecule has 4 rings (SSSR count). The van der Waals surface area contributed by atoms with E-state index in [1.165, 1.54) is 36.1 Å². The van der Waals surface area contributed by atoms with E-state index in [0.717, 1.165) is 28.2 Å². The molecule has 0 bridgehead atoms. The van der Waals surface area contributed by atoms with Crippen molar-refractivity contribution in [3.8, 4) is 0 Å².